The molecule has 0 bridgehead atoms. The second kappa shape index (κ2) is 9.77. The molecular formula is C22H21FN2O3S2. The van der Waals surface area contributed by atoms with Crippen LogP contribution in [0.2, 0.25) is 0 Å². The number of hydrogen-bond donors (Lipinski definition) is 2. The van der Waals surface area contributed by atoms with Crippen LogP contribution in [0.4, 0.5) is 15.8 Å². The molecule has 3 aromatic rings. The molecule has 0 aliphatic heterocycles. The van der Waals surface area contributed by atoms with Gasteiger partial charge in [-0.3, -0.25) is 9.52 Å². The summed E-state index contributed by atoms with van der Waals surface area (Å²) in [6.07, 6.45) is 0. The van der Waals surface area contributed by atoms with Crippen LogP contribution < -0.4 is 10.0 Å². The summed E-state index contributed by atoms with van der Waals surface area (Å²) in [5.41, 5.74) is 2.47. The highest BCUT2D eigenvalue weighted by atomic mass is 32.2. The fourth-order valence-electron chi connectivity index (χ4n) is 2.71. The monoisotopic (exact) mass is 444 g/mol. The molecule has 0 saturated carbocycles. The molecule has 0 unspecified atom stereocenters. The number of halogens is 1. The lowest BCUT2D eigenvalue weighted by Crippen LogP contribution is -2.15. The Morgan fingerprint density at radius 3 is 2.40 bits per heavy atom. The van der Waals surface area contributed by atoms with E-state index in [1.165, 1.54) is 42.1 Å². The second-order valence-corrected chi connectivity index (χ2v) is 9.30. The number of benzene rings is 3. The van der Waals surface area contributed by atoms with Crippen molar-refractivity contribution < 1.29 is 17.6 Å². The minimum absolute atomic E-state index is 0.0935. The third kappa shape index (κ3) is 6.08. The maximum atomic E-state index is 13.6. The number of carbonyl (C=O) groups excluding carboxylic acids is 1. The van der Waals surface area contributed by atoms with E-state index in [-0.39, 0.29) is 22.4 Å². The van der Waals surface area contributed by atoms with Crippen LogP contribution in [0.1, 0.15) is 11.1 Å². The Morgan fingerprint density at radius 1 is 0.967 bits per heavy atom. The van der Waals surface area contributed by atoms with Gasteiger partial charge < -0.3 is 5.32 Å². The Bertz CT molecular complexity index is 1130. The van der Waals surface area contributed by atoms with Crippen LogP contribution in [0.3, 0.4) is 0 Å². The Kier molecular flexibility index (Phi) is 7.12. The Morgan fingerprint density at radius 2 is 1.70 bits per heavy atom. The van der Waals surface area contributed by atoms with Gasteiger partial charge in [-0.1, -0.05) is 30.3 Å². The van der Waals surface area contributed by atoms with Gasteiger partial charge in [0.15, 0.2) is 0 Å². The lowest BCUT2D eigenvalue weighted by Gasteiger charge is -2.10. The number of anilines is 2. The molecule has 0 aliphatic carbocycles. The van der Waals surface area contributed by atoms with Crippen LogP contribution >= 0.6 is 11.8 Å². The first-order valence-electron chi connectivity index (χ1n) is 9.14. The predicted molar refractivity (Wildman–Crippen MR) is 120 cm³/mol. The molecule has 156 valence electrons. The van der Waals surface area contributed by atoms with Gasteiger partial charge in [-0.25, -0.2) is 12.8 Å². The molecule has 0 atom stereocenters. The van der Waals surface area contributed by atoms with Gasteiger partial charge in [-0.05, 0) is 60.5 Å². The highest BCUT2D eigenvalue weighted by Gasteiger charge is 2.14. The molecule has 0 radical (unpaired) electrons. The first-order chi connectivity index (χ1) is 14.3. The quantitative estimate of drug-likeness (QED) is 0.523. The first-order valence-corrected chi connectivity index (χ1v) is 11.8. The molecule has 2 N–H and O–H groups in total. The Balaban J connectivity index is 1.54. The van der Waals surface area contributed by atoms with E-state index < -0.39 is 10.0 Å². The van der Waals surface area contributed by atoms with Crippen molar-refractivity contribution in [3.8, 4) is 0 Å². The van der Waals surface area contributed by atoms with E-state index in [0.29, 0.717) is 22.7 Å². The molecule has 3 aromatic carbocycles. The van der Waals surface area contributed by atoms with E-state index in [9.17, 15) is 17.6 Å². The van der Waals surface area contributed by atoms with E-state index in [1.807, 2.05) is 13.0 Å². The number of sulfonamides is 1. The topological polar surface area (TPSA) is 75.3 Å². The molecule has 0 fully saturated rings. The van der Waals surface area contributed by atoms with Crippen LogP contribution in [-0.4, -0.2) is 20.1 Å². The SMILES string of the molecule is Cc1cccc(NS(=O)(=O)c2ccc(NC(=O)CSCc3ccccc3F)cc2)c1. The Labute approximate surface area is 179 Å². The summed E-state index contributed by atoms with van der Waals surface area (Å²) >= 11 is 1.30. The standard InChI is InChI=1S/C22H21FN2O3S2/c1-16-5-4-7-19(13-16)25-30(27,28)20-11-9-18(10-12-20)24-22(26)15-29-14-17-6-2-3-8-21(17)23/h2-13,25H,14-15H2,1H3,(H,24,26). The van der Waals surface area contributed by atoms with Crippen molar-refractivity contribution >= 4 is 39.1 Å². The molecule has 8 heteroatoms. The van der Waals surface area contributed by atoms with Crippen LogP contribution in [0.25, 0.3) is 0 Å². The van der Waals surface area contributed by atoms with Gasteiger partial charge in [0.05, 0.1) is 10.6 Å². The number of aryl methyl sites for hydroxylation is 1. The molecule has 1 amide bonds. The van der Waals surface area contributed by atoms with E-state index in [0.717, 1.165) is 5.56 Å². The smallest absolute Gasteiger partial charge is 0.261 e. The van der Waals surface area contributed by atoms with Crippen molar-refractivity contribution in [3.05, 3.63) is 89.7 Å². The zero-order chi connectivity index (χ0) is 21.6. The molecule has 0 aromatic heterocycles. The van der Waals surface area contributed by atoms with E-state index in [1.54, 1.807) is 36.4 Å². The molecule has 5 nitrogen and oxygen atoms in total. The maximum absolute atomic E-state index is 13.6. The van der Waals surface area contributed by atoms with Gasteiger partial charge in [-0.15, -0.1) is 11.8 Å². The van der Waals surface area contributed by atoms with Gasteiger partial charge in [0.1, 0.15) is 5.82 Å². The van der Waals surface area contributed by atoms with Crippen LogP contribution in [0.5, 0.6) is 0 Å². The van der Waals surface area contributed by atoms with E-state index in [2.05, 4.69) is 10.0 Å². The van der Waals surface area contributed by atoms with Crippen molar-refractivity contribution in [1.29, 1.82) is 0 Å². The largest absolute Gasteiger partial charge is 0.325 e. The van der Waals surface area contributed by atoms with Gasteiger partial charge in [-0.2, -0.15) is 0 Å². The summed E-state index contributed by atoms with van der Waals surface area (Å²) in [5.74, 6) is 0.0110. The molecule has 0 saturated heterocycles. The third-order valence-corrected chi connectivity index (χ3v) is 6.55. The predicted octanol–water partition coefficient (Wildman–Crippen LogP) is 4.81. The zero-order valence-electron chi connectivity index (χ0n) is 16.3. The third-order valence-electron chi connectivity index (χ3n) is 4.17. The van der Waals surface area contributed by atoms with Crippen molar-refractivity contribution in [3.63, 3.8) is 0 Å². The number of nitrogens with one attached hydrogen (secondary N) is 2. The summed E-state index contributed by atoms with van der Waals surface area (Å²) in [7, 11) is -3.73. The van der Waals surface area contributed by atoms with Crippen LogP contribution in [0, 0.1) is 12.7 Å². The van der Waals surface area contributed by atoms with Gasteiger partial charge in [0.2, 0.25) is 5.91 Å². The highest BCUT2D eigenvalue weighted by Crippen LogP contribution is 2.20. The zero-order valence-corrected chi connectivity index (χ0v) is 17.9. The average Bonchev–Trinajstić information content (AvgIpc) is 2.69. The fraction of sp³-hybridized carbons (Fsp3) is 0.136. The minimum Gasteiger partial charge on any atom is -0.325 e. The normalized spacial score (nSPS) is 11.1. The molecule has 0 heterocycles. The molecule has 3 rings (SSSR count). The highest BCUT2D eigenvalue weighted by molar-refractivity contribution is 7.99. The van der Waals surface area contributed by atoms with Crippen molar-refractivity contribution in [2.75, 3.05) is 15.8 Å². The number of amides is 1. The minimum atomic E-state index is -3.73. The summed E-state index contributed by atoms with van der Waals surface area (Å²) < 4.78 is 41.2. The molecule has 30 heavy (non-hydrogen) atoms. The average molecular weight is 445 g/mol. The molecular weight excluding hydrogens is 423 g/mol. The van der Waals surface area contributed by atoms with Crippen molar-refractivity contribution in [1.82, 2.24) is 0 Å². The summed E-state index contributed by atoms with van der Waals surface area (Å²) in [4.78, 5) is 12.2. The lowest BCUT2D eigenvalue weighted by molar-refractivity contribution is -0.113. The Hall–Kier alpha value is -2.84. The number of carbonyl (C=O) groups is 1. The fourth-order valence-corrected chi connectivity index (χ4v) is 4.57. The molecule has 0 spiro atoms. The van der Waals surface area contributed by atoms with E-state index in [4.69, 9.17) is 0 Å². The van der Waals surface area contributed by atoms with Crippen LogP contribution in [0.15, 0.2) is 77.7 Å². The van der Waals surface area contributed by atoms with Gasteiger partial charge in [0, 0.05) is 17.1 Å². The van der Waals surface area contributed by atoms with Gasteiger partial charge in [0.25, 0.3) is 10.0 Å². The van der Waals surface area contributed by atoms with Crippen molar-refractivity contribution in [2.45, 2.75) is 17.6 Å². The second-order valence-electron chi connectivity index (χ2n) is 6.63. The molecule has 0 aliphatic rings. The van der Waals surface area contributed by atoms with E-state index >= 15 is 0 Å². The summed E-state index contributed by atoms with van der Waals surface area (Å²) in [6, 6.07) is 19.4. The summed E-state index contributed by atoms with van der Waals surface area (Å²) in [6.45, 7) is 1.88. The number of thioether (sulfide) groups is 1. The number of rotatable bonds is 8. The first kappa shape index (κ1) is 21.9. The number of hydrogen-bond acceptors (Lipinski definition) is 4. The van der Waals surface area contributed by atoms with Crippen molar-refractivity contribution in [2.24, 2.45) is 0 Å². The van der Waals surface area contributed by atoms with Gasteiger partial charge >= 0.3 is 0 Å². The maximum Gasteiger partial charge on any atom is 0.261 e. The lowest BCUT2D eigenvalue weighted by atomic mass is 10.2. The van der Waals surface area contributed by atoms with Crippen LogP contribution in [-0.2, 0) is 20.6 Å². The summed E-state index contributed by atoms with van der Waals surface area (Å²) in [5, 5.41) is 2.71.